The van der Waals surface area contributed by atoms with Crippen LogP contribution in [0.5, 0.6) is 0 Å². The predicted octanol–water partition coefficient (Wildman–Crippen LogP) is 5.55. The van der Waals surface area contributed by atoms with Crippen LogP contribution in [-0.2, 0) is 0 Å². The Hall–Kier alpha value is -1.29. The highest BCUT2D eigenvalue weighted by atomic mass is 35.5. The number of hydrogen-bond acceptors (Lipinski definition) is 3. The molecule has 0 radical (unpaired) electrons. The van der Waals surface area contributed by atoms with E-state index in [1.807, 2.05) is 18.2 Å². The van der Waals surface area contributed by atoms with Gasteiger partial charge in [-0.1, -0.05) is 18.5 Å². The number of nitrogens with one attached hydrogen (secondary N) is 1. The van der Waals surface area contributed by atoms with Gasteiger partial charge in [0.25, 0.3) is 0 Å². The Bertz CT molecular complexity index is 746. The topological polar surface area (TPSA) is 25.2 Å². The van der Waals surface area contributed by atoms with Gasteiger partial charge in [0.1, 0.15) is 17.4 Å². The van der Waals surface area contributed by atoms with E-state index in [1.54, 1.807) is 11.3 Å². The van der Waals surface area contributed by atoms with Gasteiger partial charge >= 0.3 is 0 Å². The second-order valence-corrected chi connectivity index (χ2v) is 6.92. The molecule has 0 aliphatic heterocycles. The zero-order valence-electron chi connectivity index (χ0n) is 12.2. The molecule has 3 aromatic rings. The van der Waals surface area contributed by atoms with Crippen molar-refractivity contribution >= 4 is 33.9 Å². The van der Waals surface area contributed by atoms with E-state index in [0.717, 1.165) is 34.7 Å². The number of aryl methyl sites for hydroxylation is 1. The van der Waals surface area contributed by atoms with Gasteiger partial charge in [-0.15, -0.1) is 11.3 Å². The zero-order chi connectivity index (χ0) is 14.8. The number of furan rings is 1. The van der Waals surface area contributed by atoms with E-state index < -0.39 is 0 Å². The highest BCUT2D eigenvalue weighted by molar-refractivity contribution is 7.12. The van der Waals surface area contributed by atoms with Crippen LogP contribution in [0.4, 0.5) is 0 Å². The second-order valence-electron chi connectivity index (χ2n) is 5.17. The molecule has 0 amide bonds. The van der Waals surface area contributed by atoms with Gasteiger partial charge in [-0.25, -0.2) is 0 Å². The Kier molecular flexibility index (Phi) is 4.34. The maximum Gasteiger partial charge on any atom is 0.134 e. The van der Waals surface area contributed by atoms with Gasteiger partial charge < -0.3 is 9.73 Å². The SMILES string of the molecule is CCCNC(c1cc2cc(Cl)ccc2o1)c1ccc(C)s1. The van der Waals surface area contributed by atoms with Gasteiger partial charge in [0.15, 0.2) is 0 Å². The van der Waals surface area contributed by atoms with Crippen LogP contribution in [-0.4, -0.2) is 6.54 Å². The van der Waals surface area contributed by atoms with Crippen LogP contribution >= 0.6 is 22.9 Å². The fraction of sp³-hybridized carbons (Fsp3) is 0.294. The monoisotopic (exact) mass is 319 g/mol. The van der Waals surface area contributed by atoms with Crippen molar-refractivity contribution < 1.29 is 4.42 Å². The summed E-state index contributed by atoms with van der Waals surface area (Å²) in [6.07, 6.45) is 1.09. The Balaban J connectivity index is 2.00. The highest BCUT2D eigenvalue weighted by Crippen LogP contribution is 2.32. The number of fused-ring (bicyclic) bond motifs is 1. The van der Waals surface area contributed by atoms with E-state index >= 15 is 0 Å². The van der Waals surface area contributed by atoms with Crippen molar-refractivity contribution in [2.45, 2.75) is 26.3 Å². The number of halogens is 1. The first-order valence-corrected chi connectivity index (χ1v) is 8.35. The Labute approximate surface area is 133 Å². The first kappa shape index (κ1) is 14.6. The maximum absolute atomic E-state index is 6.06. The van der Waals surface area contributed by atoms with E-state index in [4.69, 9.17) is 16.0 Å². The van der Waals surface area contributed by atoms with Gasteiger partial charge in [0.05, 0.1) is 0 Å². The first-order chi connectivity index (χ1) is 10.2. The van der Waals surface area contributed by atoms with Crippen LogP contribution in [0.25, 0.3) is 11.0 Å². The zero-order valence-corrected chi connectivity index (χ0v) is 13.7. The van der Waals surface area contributed by atoms with E-state index in [9.17, 15) is 0 Å². The van der Waals surface area contributed by atoms with Gasteiger partial charge in [-0.3, -0.25) is 0 Å². The summed E-state index contributed by atoms with van der Waals surface area (Å²) in [6.45, 7) is 5.25. The minimum absolute atomic E-state index is 0.106. The van der Waals surface area contributed by atoms with Crippen LogP contribution in [0, 0.1) is 6.92 Å². The lowest BCUT2D eigenvalue weighted by molar-refractivity contribution is 0.473. The van der Waals surface area contributed by atoms with Crippen molar-refractivity contribution in [1.82, 2.24) is 5.32 Å². The minimum Gasteiger partial charge on any atom is -0.459 e. The van der Waals surface area contributed by atoms with Crippen LogP contribution in [0.2, 0.25) is 5.02 Å². The summed E-state index contributed by atoms with van der Waals surface area (Å²) in [7, 11) is 0. The molecule has 0 saturated carbocycles. The first-order valence-electron chi connectivity index (χ1n) is 7.16. The van der Waals surface area contributed by atoms with Gasteiger partial charge in [0.2, 0.25) is 0 Å². The van der Waals surface area contributed by atoms with Crippen LogP contribution in [0.3, 0.4) is 0 Å². The maximum atomic E-state index is 6.06. The Morgan fingerprint density at radius 3 is 2.81 bits per heavy atom. The third-order valence-electron chi connectivity index (χ3n) is 3.43. The number of rotatable bonds is 5. The fourth-order valence-electron chi connectivity index (χ4n) is 2.42. The Morgan fingerprint density at radius 2 is 2.10 bits per heavy atom. The molecule has 21 heavy (non-hydrogen) atoms. The van der Waals surface area contributed by atoms with E-state index in [1.165, 1.54) is 9.75 Å². The molecule has 3 rings (SSSR count). The standard InChI is InChI=1S/C17H18ClNOS/c1-3-8-19-17(16-7-4-11(2)21-16)15-10-12-9-13(18)5-6-14(12)20-15/h4-7,9-10,17,19H,3,8H2,1-2H3. The van der Waals surface area contributed by atoms with Crippen molar-refractivity contribution in [2.24, 2.45) is 0 Å². The van der Waals surface area contributed by atoms with Crippen LogP contribution in [0.1, 0.15) is 34.9 Å². The van der Waals surface area contributed by atoms with Gasteiger partial charge in [0, 0.05) is 20.2 Å². The summed E-state index contributed by atoms with van der Waals surface area (Å²) < 4.78 is 6.03. The summed E-state index contributed by atoms with van der Waals surface area (Å²) >= 11 is 7.86. The molecule has 0 saturated heterocycles. The number of thiophene rings is 1. The summed E-state index contributed by atoms with van der Waals surface area (Å²) in [4.78, 5) is 2.60. The molecule has 0 aliphatic carbocycles. The molecule has 0 aliphatic rings. The average Bonchev–Trinajstić information content (AvgIpc) is 3.05. The normalized spacial score (nSPS) is 12.9. The third kappa shape index (κ3) is 3.15. The highest BCUT2D eigenvalue weighted by Gasteiger charge is 2.19. The number of hydrogen-bond donors (Lipinski definition) is 1. The lowest BCUT2D eigenvalue weighted by Crippen LogP contribution is -2.21. The summed E-state index contributed by atoms with van der Waals surface area (Å²) in [6, 6.07) is 12.3. The van der Waals surface area contributed by atoms with Crippen molar-refractivity contribution in [3.05, 3.63) is 56.9 Å². The molecule has 1 aromatic carbocycles. The quantitative estimate of drug-likeness (QED) is 0.667. The molecule has 0 bridgehead atoms. The second kappa shape index (κ2) is 6.22. The largest absolute Gasteiger partial charge is 0.459 e. The average molecular weight is 320 g/mol. The minimum atomic E-state index is 0.106. The lowest BCUT2D eigenvalue weighted by atomic mass is 10.1. The molecule has 2 heterocycles. The van der Waals surface area contributed by atoms with Gasteiger partial charge in [-0.2, -0.15) is 0 Å². The third-order valence-corrected chi connectivity index (χ3v) is 4.73. The van der Waals surface area contributed by atoms with Crippen molar-refractivity contribution in [3.63, 3.8) is 0 Å². The molecule has 4 heteroatoms. The molecule has 1 unspecified atom stereocenters. The van der Waals surface area contributed by atoms with E-state index in [-0.39, 0.29) is 6.04 Å². The molecule has 2 aromatic heterocycles. The lowest BCUT2D eigenvalue weighted by Gasteiger charge is -2.14. The van der Waals surface area contributed by atoms with Gasteiger partial charge in [-0.05, 0) is 56.3 Å². The molecule has 1 N–H and O–H groups in total. The number of benzene rings is 1. The molecular weight excluding hydrogens is 302 g/mol. The van der Waals surface area contributed by atoms with Crippen molar-refractivity contribution in [3.8, 4) is 0 Å². The predicted molar refractivity (Wildman–Crippen MR) is 90.4 cm³/mol. The fourth-order valence-corrected chi connectivity index (χ4v) is 3.56. The molecular formula is C17H18ClNOS. The Morgan fingerprint density at radius 1 is 1.24 bits per heavy atom. The molecule has 110 valence electrons. The van der Waals surface area contributed by atoms with Crippen molar-refractivity contribution in [2.75, 3.05) is 6.54 Å². The summed E-state index contributed by atoms with van der Waals surface area (Å²) in [5, 5.41) is 5.36. The smallest absolute Gasteiger partial charge is 0.134 e. The van der Waals surface area contributed by atoms with Crippen LogP contribution in [0.15, 0.2) is 40.8 Å². The molecule has 0 fully saturated rings. The molecule has 2 nitrogen and oxygen atoms in total. The molecule has 0 spiro atoms. The van der Waals surface area contributed by atoms with E-state index in [0.29, 0.717) is 0 Å². The van der Waals surface area contributed by atoms with E-state index in [2.05, 4.69) is 37.4 Å². The summed E-state index contributed by atoms with van der Waals surface area (Å²) in [5.74, 6) is 0.947. The summed E-state index contributed by atoms with van der Waals surface area (Å²) in [5.41, 5.74) is 0.881. The van der Waals surface area contributed by atoms with Crippen LogP contribution < -0.4 is 5.32 Å². The molecule has 1 atom stereocenters. The van der Waals surface area contributed by atoms with Crippen molar-refractivity contribution in [1.29, 1.82) is 0 Å².